The molecule has 0 saturated carbocycles. The maximum atomic E-state index is 11.8. The minimum Gasteiger partial charge on any atom is -0.452 e. The monoisotopic (exact) mass is 334 g/mol. The average Bonchev–Trinajstić information content (AvgIpc) is 2.44. The fraction of sp³-hybridized carbons (Fsp3) is 0.333. The van der Waals surface area contributed by atoms with Gasteiger partial charge in [-0.3, -0.25) is 4.79 Å². The normalized spacial score (nSPS) is 11.0. The SMILES string of the molecule is CNS(=O)(=O)c1cc(C(=O)OCC(=O)N(C)C)ccc1Cl. The third-order valence-corrected chi connectivity index (χ3v) is 4.45. The highest BCUT2D eigenvalue weighted by atomic mass is 35.5. The Bertz CT molecular complexity index is 658. The van der Waals surface area contributed by atoms with E-state index in [1.807, 2.05) is 0 Å². The molecule has 0 saturated heterocycles. The number of ether oxygens (including phenoxy) is 1. The first-order valence-electron chi connectivity index (χ1n) is 5.79. The van der Waals surface area contributed by atoms with Crippen molar-refractivity contribution in [2.45, 2.75) is 4.90 Å². The smallest absolute Gasteiger partial charge is 0.338 e. The average molecular weight is 335 g/mol. The Morgan fingerprint density at radius 3 is 2.48 bits per heavy atom. The molecule has 1 aromatic rings. The van der Waals surface area contributed by atoms with Crippen molar-refractivity contribution in [3.63, 3.8) is 0 Å². The van der Waals surface area contributed by atoms with Gasteiger partial charge >= 0.3 is 5.97 Å². The molecule has 0 unspecified atom stereocenters. The first-order valence-corrected chi connectivity index (χ1v) is 7.65. The van der Waals surface area contributed by atoms with Gasteiger partial charge in [-0.25, -0.2) is 17.9 Å². The summed E-state index contributed by atoms with van der Waals surface area (Å²) in [6.07, 6.45) is 0. The van der Waals surface area contributed by atoms with Crippen molar-refractivity contribution in [2.24, 2.45) is 0 Å². The summed E-state index contributed by atoms with van der Waals surface area (Å²) in [5, 5.41) is -0.0229. The molecule has 116 valence electrons. The van der Waals surface area contributed by atoms with Crippen LogP contribution in [-0.2, 0) is 19.6 Å². The summed E-state index contributed by atoms with van der Waals surface area (Å²) >= 11 is 5.80. The van der Waals surface area contributed by atoms with Crippen molar-refractivity contribution in [1.82, 2.24) is 9.62 Å². The minimum absolute atomic E-state index is 0.0141. The summed E-state index contributed by atoms with van der Waals surface area (Å²) in [6, 6.07) is 3.69. The first-order chi connectivity index (χ1) is 9.69. The van der Waals surface area contributed by atoms with E-state index >= 15 is 0 Å². The van der Waals surface area contributed by atoms with E-state index in [2.05, 4.69) is 4.72 Å². The van der Waals surface area contributed by atoms with E-state index in [4.69, 9.17) is 16.3 Å². The fourth-order valence-electron chi connectivity index (χ4n) is 1.29. The predicted molar refractivity (Wildman–Crippen MR) is 76.7 cm³/mol. The molecule has 7 nitrogen and oxygen atoms in total. The van der Waals surface area contributed by atoms with Crippen LogP contribution in [-0.4, -0.2) is 52.9 Å². The van der Waals surface area contributed by atoms with E-state index in [-0.39, 0.29) is 21.4 Å². The maximum Gasteiger partial charge on any atom is 0.338 e. The Morgan fingerprint density at radius 2 is 1.95 bits per heavy atom. The van der Waals surface area contributed by atoms with Crippen molar-refractivity contribution in [3.05, 3.63) is 28.8 Å². The van der Waals surface area contributed by atoms with Gasteiger partial charge in [0.15, 0.2) is 6.61 Å². The van der Waals surface area contributed by atoms with Crippen LogP contribution < -0.4 is 4.72 Å². The molecule has 0 bridgehead atoms. The second kappa shape index (κ2) is 6.88. The molecule has 21 heavy (non-hydrogen) atoms. The summed E-state index contributed by atoms with van der Waals surface area (Å²) in [5.41, 5.74) is -0.0141. The lowest BCUT2D eigenvalue weighted by Crippen LogP contribution is -2.27. The van der Waals surface area contributed by atoms with E-state index in [1.54, 1.807) is 0 Å². The fourth-order valence-corrected chi connectivity index (χ4v) is 2.53. The van der Waals surface area contributed by atoms with Gasteiger partial charge in [0.25, 0.3) is 5.91 Å². The molecule has 0 radical (unpaired) electrons. The van der Waals surface area contributed by atoms with Gasteiger partial charge < -0.3 is 9.64 Å². The molecule has 0 fully saturated rings. The lowest BCUT2D eigenvalue weighted by atomic mass is 10.2. The Balaban J connectivity index is 2.97. The van der Waals surface area contributed by atoms with Crippen LogP contribution in [0.3, 0.4) is 0 Å². The van der Waals surface area contributed by atoms with E-state index in [0.717, 1.165) is 6.07 Å². The van der Waals surface area contributed by atoms with Gasteiger partial charge in [-0.15, -0.1) is 0 Å². The number of benzene rings is 1. The zero-order valence-corrected chi connectivity index (χ0v) is 13.3. The third-order valence-electron chi connectivity index (χ3n) is 2.55. The van der Waals surface area contributed by atoms with Gasteiger partial charge in [0.1, 0.15) is 4.90 Å². The Labute approximate surface area is 127 Å². The number of nitrogens with zero attached hydrogens (tertiary/aromatic N) is 1. The van der Waals surface area contributed by atoms with Gasteiger partial charge in [0.2, 0.25) is 10.0 Å². The molecule has 0 aromatic heterocycles. The van der Waals surface area contributed by atoms with Gasteiger partial charge in [0.05, 0.1) is 10.6 Å². The van der Waals surface area contributed by atoms with Crippen LogP contribution in [0, 0.1) is 0 Å². The number of esters is 1. The number of hydrogen-bond donors (Lipinski definition) is 1. The minimum atomic E-state index is -3.79. The first kappa shape index (κ1) is 17.4. The van der Waals surface area contributed by atoms with Crippen LogP contribution in [0.25, 0.3) is 0 Å². The standard InChI is InChI=1S/C12H15ClN2O5S/c1-14-21(18,19)10-6-8(4-5-9(10)13)12(17)20-7-11(16)15(2)3/h4-6,14H,7H2,1-3H3. The highest BCUT2D eigenvalue weighted by Crippen LogP contribution is 2.22. The largest absolute Gasteiger partial charge is 0.452 e. The number of likely N-dealkylation sites (N-methyl/N-ethyl adjacent to an activating group) is 1. The van der Waals surface area contributed by atoms with Crippen LogP contribution in [0.15, 0.2) is 23.1 Å². The number of rotatable bonds is 5. The van der Waals surface area contributed by atoms with Gasteiger partial charge in [-0.05, 0) is 25.2 Å². The number of halogens is 1. The summed E-state index contributed by atoms with van der Waals surface area (Å²) in [6.45, 7) is -0.428. The molecule has 0 atom stereocenters. The maximum absolute atomic E-state index is 11.8. The van der Waals surface area contributed by atoms with E-state index < -0.39 is 22.6 Å². The van der Waals surface area contributed by atoms with Gasteiger partial charge in [-0.2, -0.15) is 0 Å². The Hall–Kier alpha value is -1.64. The molecule has 0 heterocycles. The topological polar surface area (TPSA) is 92.8 Å². The van der Waals surface area contributed by atoms with Crippen molar-refractivity contribution >= 4 is 33.5 Å². The van der Waals surface area contributed by atoms with Crippen LogP contribution in [0.2, 0.25) is 5.02 Å². The second-order valence-electron chi connectivity index (χ2n) is 4.22. The molecule has 1 rings (SSSR count). The number of carbonyl (C=O) groups excluding carboxylic acids is 2. The van der Waals surface area contributed by atoms with Crippen molar-refractivity contribution in [1.29, 1.82) is 0 Å². The van der Waals surface area contributed by atoms with Gasteiger partial charge in [0, 0.05) is 14.1 Å². The number of amides is 1. The lowest BCUT2D eigenvalue weighted by molar-refractivity contribution is -0.131. The molecule has 1 N–H and O–H groups in total. The molecular weight excluding hydrogens is 320 g/mol. The van der Waals surface area contributed by atoms with Crippen LogP contribution >= 0.6 is 11.6 Å². The highest BCUT2D eigenvalue weighted by molar-refractivity contribution is 7.89. The summed E-state index contributed by atoms with van der Waals surface area (Å²) in [4.78, 5) is 24.2. The van der Waals surface area contributed by atoms with E-state index in [9.17, 15) is 18.0 Å². The Kier molecular flexibility index (Phi) is 5.70. The van der Waals surface area contributed by atoms with Crippen molar-refractivity contribution in [3.8, 4) is 0 Å². The van der Waals surface area contributed by atoms with Crippen molar-refractivity contribution in [2.75, 3.05) is 27.7 Å². The summed E-state index contributed by atoms with van der Waals surface area (Å²) in [7, 11) is 0.482. The zero-order valence-electron chi connectivity index (χ0n) is 11.7. The molecule has 1 amide bonds. The predicted octanol–water partition coefficient (Wildman–Crippen LogP) is 0.493. The Morgan fingerprint density at radius 1 is 1.33 bits per heavy atom. The molecular formula is C12H15ClN2O5S. The third kappa shape index (κ3) is 4.42. The lowest BCUT2D eigenvalue weighted by Gasteiger charge is -2.11. The van der Waals surface area contributed by atoms with Crippen LogP contribution in [0.5, 0.6) is 0 Å². The number of carbonyl (C=O) groups is 2. The van der Waals surface area contributed by atoms with Crippen molar-refractivity contribution < 1.29 is 22.7 Å². The zero-order chi connectivity index (χ0) is 16.2. The quantitative estimate of drug-likeness (QED) is 0.791. The number of sulfonamides is 1. The molecule has 0 aliphatic carbocycles. The molecule has 0 aliphatic heterocycles. The summed E-state index contributed by atoms with van der Waals surface area (Å²) < 4.78 is 30.4. The summed E-state index contributed by atoms with van der Waals surface area (Å²) in [5.74, 6) is -1.20. The number of hydrogen-bond acceptors (Lipinski definition) is 5. The molecule has 0 spiro atoms. The van der Waals surface area contributed by atoms with E-state index in [0.29, 0.717) is 0 Å². The molecule has 0 aliphatic rings. The van der Waals surface area contributed by atoms with E-state index in [1.165, 1.54) is 38.2 Å². The second-order valence-corrected chi connectivity index (χ2v) is 6.48. The van der Waals surface area contributed by atoms with Crippen LogP contribution in [0.1, 0.15) is 10.4 Å². The molecule has 9 heteroatoms. The van der Waals surface area contributed by atoms with Gasteiger partial charge in [-0.1, -0.05) is 11.6 Å². The number of nitrogens with one attached hydrogen (secondary N) is 1. The molecule has 1 aromatic carbocycles. The van der Waals surface area contributed by atoms with Crippen LogP contribution in [0.4, 0.5) is 0 Å². The highest BCUT2D eigenvalue weighted by Gasteiger charge is 2.19.